The van der Waals surface area contributed by atoms with E-state index in [0.717, 1.165) is 31.9 Å². The SMILES string of the molecule is CCOc1ccccc1N(CCCC(=O)N(Cc1ccc(Cl)cc1Cl)C(CC)C(=O)NC1CCCCC1)S(C)(=O)=O. The van der Waals surface area contributed by atoms with Gasteiger partial charge < -0.3 is 15.0 Å². The number of rotatable bonds is 14. The van der Waals surface area contributed by atoms with Gasteiger partial charge in [-0.1, -0.05) is 67.6 Å². The summed E-state index contributed by atoms with van der Waals surface area (Å²) in [5.74, 6) is 0.0191. The average molecular weight is 627 g/mol. The van der Waals surface area contributed by atoms with Crippen LogP contribution in [0, 0.1) is 0 Å². The molecule has 2 aromatic rings. The number of hydrogen-bond acceptors (Lipinski definition) is 5. The minimum atomic E-state index is -3.65. The molecule has 1 aliphatic rings. The summed E-state index contributed by atoms with van der Waals surface area (Å²) in [6.07, 6.45) is 7.04. The number of halogens is 2. The predicted octanol–water partition coefficient (Wildman–Crippen LogP) is 6.19. The number of benzene rings is 2. The molecule has 1 unspecified atom stereocenters. The molecule has 1 fully saturated rings. The standard InChI is InChI=1S/C30H41Cl2N3O5S/c1-4-26(30(37)33-24-12-7-6-8-13-24)34(21-22-17-18-23(31)20-25(22)32)29(36)16-11-19-35(41(3,38)39)27-14-9-10-15-28(27)40-5-2/h9-10,14-15,17-18,20,24,26H,4-8,11-13,16,19,21H2,1-3H3,(H,33,37). The Bertz CT molecular complexity index is 1280. The van der Waals surface area contributed by atoms with Crippen molar-refractivity contribution in [2.75, 3.05) is 23.7 Å². The van der Waals surface area contributed by atoms with Crippen LogP contribution >= 0.6 is 23.2 Å². The van der Waals surface area contributed by atoms with Crippen molar-refractivity contribution in [3.05, 3.63) is 58.1 Å². The van der Waals surface area contributed by atoms with Gasteiger partial charge in [0, 0.05) is 35.6 Å². The average Bonchev–Trinajstić information content (AvgIpc) is 2.92. The van der Waals surface area contributed by atoms with Crippen LogP contribution in [0.15, 0.2) is 42.5 Å². The lowest BCUT2D eigenvalue weighted by atomic mass is 9.95. The van der Waals surface area contributed by atoms with Crippen molar-refractivity contribution in [1.29, 1.82) is 0 Å². The molecular formula is C30H41Cl2N3O5S. The topological polar surface area (TPSA) is 96.0 Å². The Morgan fingerprint density at radius 3 is 2.41 bits per heavy atom. The Morgan fingerprint density at radius 2 is 1.78 bits per heavy atom. The van der Waals surface area contributed by atoms with Gasteiger partial charge in [-0.05, 0) is 62.4 Å². The maximum absolute atomic E-state index is 13.7. The molecule has 0 aliphatic heterocycles. The van der Waals surface area contributed by atoms with Crippen LogP contribution in [0.25, 0.3) is 0 Å². The Morgan fingerprint density at radius 1 is 1.07 bits per heavy atom. The van der Waals surface area contributed by atoms with E-state index < -0.39 is 16.1 Å². The van der Waals surface area contributed by atoms with Gasteiger partial charge in [0.25, 0.3) is 0 Å². The van der Waals surface area contributed by atoms with Crippen LogP contribution in [0.3, 0.4) is 0 Å². The fourth-order valence-corrected chi connectivity index (χ4v) is 6.66. The molecule has 3 rings (SSSR count). The van der Waals surface area contributed by atoms with Gasteiger partial charge in [0.15, 0.2) is 0 Å². The Kier molecular flexibility index (Phi) is 12.6. The van der Waals surface area contributed by atoms with E-state index in [1.54, 1.807) is 47.4 Å². The van der Waals surface area contributed by atoms with Crippen molar-refractivity contribution in [1.82, 2.24) is 10.2 Å². The number of nitrogens with zero attached hydrogens (tertiary/aromatic N) is 2. The Balaban J connectivity index is 1.80. The third-order valence-electron chi connectivity index (χ3n) is 7.28. The summed E-state index contributed by atoms with van der Waals surface area (Å²) in [6.45, 7) is 4.31. The molecule has 11 heteroatoms. The minimum Gasteiger partial charge on any atom is -0.492 e. The van der Waals surface area contributed by atoms with Crippen LogP contribution in [0.5, 0.6) is 5.75 Å². The van der Waals surface area contributed by atoms with Crippen molar-refractivity contribution < 1.29 is 22.7 Å². The fraction of sp³-hybridized carbons (Fsp3) is 0.533. The van der Waals surface area contributed by atoms with Crippen molar-refractivity contribution in [2.24, 2.45) is 0 Å². The molecule has 8 nitrogen and oxygen atoms in total. The van der Waals surface area contributed by atoms with E-state index in [1.807, 2.05) is 13.8 Å². The molecule has 226 valence electrons. The van der Waals surface area contributed by atoms with Gasteiger partial charge in [-0.25, -0.2) is 8.42 Å². The van der Waals surface area contributed by atoms with E-state index in [-0.39, 0.29) is 43.8 Å². The lowest BCUT2D eigenvalue weighted by molar-refractivity contribution is -0.141. The van der Waals surface area contributed by atoms with Gasteiger partial charge >= 0.3 is 0 Å². The normalized spacial score (nSPS) is 14.8. The largest absolute Gasteiger partial charge is 0.492 e. The van der Waals surface area contributed by atoms with Crippen molar-refractivity contribution in [3.8, 4) is 5.75 Å². The van der Waals surface area contributed by atoms with Crippen LogP contribution in [-0.2, 0) is 26.2 Å². The number of hydrogen-bond donors (Lipinski definition) is 1. The van der Waals surface area contributed by atoms with Crippen LogP contribution in [0.1, 0.15) is 70.8 Å². The van der Waals surface area contributed by atoms with Gasteiger partial charge in [-0.3, -0.25) is 13.9 Å². The fourth-order valence-electron chi connectivity index (χ4n) is 5.22. The summed E-state index contributed by atoms with van der Waals surface area (Å²) in [5, 5.41) is 4.05. The third kappa shape index (κ3) is 9.51. The number of amides is 2. The smallest absolute Gasteiger partial charge is 0.243 e. The molecule has 1 saturated carbocycles. The van der Waals surface area contributed by atoms with E-state index in [1.165, 1.54) is 10.7 Å². The summed E-state index contributed by atoms with van der Waals surface area (Å²) in [7, 11) is -3.65. The van der Waals surface area contributed by atoms with Gasteiger partial charge in [-0.15, -0.1) is 0 Å². The summed E-state index contributed by atoms with van der Waals surface area (Å²) in [4.78, 5) is 28.8. The third-order valence-corrected chi connectivity index (χ3v) is 9.05. The first kappa shape index (κ1) is 33.0. The number of para-hydroxylation sites is 2. The zero-order valence-corrected chi connectivity index (χ0v) is 26.4. The molecule has 0 radical (unpaired) electrons. The molecule has 1 atom stereocenters. The highest BCUT2D eigenvalue weighted by Crippen LogP contribution is 2.30. The number of nitrogens with one attached hydrogen (secondary N) is 1. The first-order valence-electron chi connectivity index (χ1n) is 14.3. The van der Waals surface area contributed by atoms with Gasteiger partial charge in [0.2, 0.25) is 21.8 Å². The Labute approximate surface area is 254 Å². The number of sulfonamides is 1. The second kappa shape index (κ2) is 15.7. The summed E-state index contributed by atoms with van der Waals surface area (Å²) in [5.41, 5.74) is 1.10. The lowest BCUT2D eigenvalue weighted by Crippen LogP contribution is -2.51. The van der Waals surface area contributed by atoms with Gasteiger partial charge in [-0.2, -0.15) is 0 Å². The molecule has 41 heavy (non-hydrogen) atoms. The molecule has 2 amide bonds. The lowest BCUT2D eigenvalue weighted by Gasteiger charge is -2.33. The molecule has 2 aromatic carbocycles. The zero-order valence-electron chi connectivity index (χ0n) is 24.1. The highest BCUT2D eigenvalue weighted by atomic mass is 35.5. The highest BCUT2D eigenvalue weighted by molar-refractivity contribution is 7.92. The molecule has 1 N–H and O–H groups in total. The molecule has 0 bridgehead atoms. The van der Waals surface area contributed by atoms with Crippen LogP contribution in [0.2, 0.25) is 10.0 Å². The zero-order chi connectivity index (χ0) is 30.0. The van der Waals surface area contributed by atoms with E-state index in [0.29, 0.717) is 40.1 Å². The number of ether oxygens (including phenoxy) is 1. The van der Waals surface area contributed by atoms with Crippen molar-refractivity contribution in [3.63, 3.8) is 0 Å². The summed E-state index contributed by atoms with van der Waals surface area (Å²) >= 11 is 12.5. The molecule has 1 aliphatic carbocycles. The van der Waals surface area contributed by atoms with Crippen LogP contribution in [0.4, 0.5) is 5.69 Å². The molecular weight excluding hydrogens is 585 g/mol. The van der Waals surface area contributed by atoms with Crippen LogP contribution in [-0.4, -0.2) is 56.6 Å². The molecule has 0 aromatic heterocycles. The molecule has 0 saturated heterocycles. The summed E-state index contributed by atoms with van der Waals surface area (Å²) < 4.78 is 32.4. The van der Waals surface area contributed by atoms with Crippen molar-refractivity contribution >= 4 is 50.7 Å². The first-order valence-corrected chi connectivity index (χ1v) is 16.9. The highest BCUT2D eigenvalue weighted by Gasteiger charge is 2.31. The van der Waals surface area contributed by atoms with E-state index >= 15 is 0 Å². The van der Waals surface area contributed by atoms with E-state index in [2.05, 4.69) is 5.32 Å². The van der Waals surface area contributed by atoms with E-state index in [4.69, 9.17) is 27.9 Å². The first-order chi connectivity index (χ1) is 19.5. The number of carbonyl (C=O) groups excluding carboxylic acids is 2. The quantitative estimate of drug-likeness (QED) is 0.270. The molecule has 0 spiro atoms. The van der Waals surface area contributed by atoms with Crippen LogP contribution < -0.4 is 14.4 Å². The monoisotopic (exact) mass is 625 g/mol. The number of anilines is 1. The summed E-state index contributed by atoms with van der Waals surface area (Å²) in [6, 6.07) is 11.4. The molecule has 0 heterocycles. The van der Waals surface area contributed by atoms with E-state index in [9.17, 15) is 18.0 Å². The Hall–Kier alpha value is -2.49. The number of carbonyl (C=O) groups is 2. The maximum Gasteiger partial charge on any atom is 0.243 e. The minimum absolute atomic E-state index is 0.0429. The maximum atomic E-state index is 13.7. The van der Waals surface area contributed by atoms with Crippen molar-refractivity contribution in [2.45, 2.75) is 83.8 Å². The second-order valence-electron chi connectivity index (χ2n) is 10.4. The van der Waals surface area contributed by atoms with Gasteiger partial charge in [0.1, 0.15) is 11.8 Å². The predicted molar refractivity (Wildman–Crippen MR) is 165 cm³/mol. The second-order valence-corrected chi connectivity index (χ2v) is 13.1. The van der Waals surface area contributed by atoms with Gasteiger partial charge in [0.05, 0.1) is 18.6 Å².